The van der Waals surface area contributed by atoms with E-state index in [1.165, 1.54) is 31.7 Å². The smallest absolute Gasteiger partial charge is 0.232 e. The summed E-state index contributed by atoms with van der Waals surface area (Å²) in [6, 6.07) is 6.85. The largest absolute Gasteiger partial charge is 0.341 e. The number of halogens is 1. The summed E-state index contributed by atoms with van der Waals surface area (Å²) >= 11 is 0. The van der Waals surface area contributed by atoms with E-state index in [9.17, 15) is 4.39 Å². The van der Waals surface area contributed by atoms with Crippen LogP contribution in [0.1, 0.15) is 31.2 Å². The number of rotatable bonds is 5. The molecule has 0 aliphatic carbocycles. The van der Waals surface area contributed by atoms with Crippen LogP contribution in [0.4, 0.5) is 22.2 Å². The second-order valence-corrected chi connectivity index (χ2v) is 7.07. The summed E-state index contributed by atoms with van der Waals surface area (Å²) in [5.74, 6) is 1.89. The molecule has 0 N–H and O–H groups in total. The molecule has 0 amide bonds. The summed E-state index contributed by atoms with van der Waals surface area (Å²) in [7, 11) is 1.91. The fourth-order valence-corrected chi connectivity index (χ4v) is 3.58. The van der Waals surface area contributed by atoms with Gasteiger partial charge in [0.15, 0.2) is 0 Å². The van der Waals surface area contributed by atoms with Crippen molar-refractivity contribution >= 4 is 17.8 Å². The SMILES string of the molecule is CN(Cc1ccccc1F)c1nc(N2CCCC2)nc(N2CCCC2)n1. The maximum atomic E-state index is 14.0. The summed E-state index contributed by atoms with van der Waals surface area (Å²) < 4.78 is 14.0. The minimum Gasteiger partial charge on any atom is -0.341 e. The van der Waals surface area contributed by atoms with E-state index in [-0.39, 0.29) is 5.82 Å². The lowest BCUT2D eigenvalue weighted by Gasteiger charge is -2.24. The van der Waals surface area contributed by atoms with Gasteiger partial charge in [-0.2, -0.15) is 15.0 Å². The average Bonchev–Trinajstić information content (AvgIpc) is 3.37. The predicted molar refractivity (Wildman–Crippen MR) is 101 cm³/mol. The molecular weight excluding hydrogens is 331 g/mol. The highest BCUT2D eigenvalue weighted by molar-refractivity contribution is 5.47. The van der Waals surface area contributed by atoms with Gasteiger partial charge in [0, 0.05) is 45.3 Å². The predicted octanol–water partition coefficient (Wildman–Crippen LogP) is 2.85. The van der Waals surface area contributed by atoms with Crippen molar-refractivity contribution in [2.45, 2.75) is 32.2 Å². The molecule has 0 saturated carbocycles. The Morgan fingerprint density at radius 2 is 1.42 bits per heavy atom. The van der Waals surface area contributed by atoms with E-state index in [1.54, 1.807) is 12.1 Å². The first-order valence-electron chi connectivity index (χ1n) is 9.41. The van der Waals surface area contributed by atoms with Gasteiger partial charge >= 0.3 is 0 Å². The van der Waals surface area contributed by atoms with Crippen molar-refractivity contribution in [1.29, 1.82) is 0 Å². The second kappa shape index (κ2) is 7.43. The number of anilines is 3. The topological polar surface area (TPSA) is 48.4 Å². The van der Waals surface area contributed by atoms with Crippen LogP contribution in [0.3, 0.4) is 0 Å². The fraction of sp³-hybridized carbons (Fsp3) is 0.526. The third-order valence-electron chi connectivity index (χ3n) is 5.08. The molecule has 0 atom stereocenters. The monoisotopic (exact) mass is 356 g/mol. The van der Waals surface area contributed by atoms with Crippen molar-refractivity contribution in [3.05, 3.63) is 35.6 Å². The van der Waals surface area contributed by atoms with E-state index in [4.69, 9.17) is 15.0 Å². The van der Waals surface area contributed by atoms with Crippen LogP contribution in [-0.2, 0) is 6.54 Å². The Morgan fingerprint density at radius 1 is 0.885 bits per heavy atom. The van der Waals surface area contributed by atoms with Gasteiger partial charge in [-0.3, -0.25) is 0 Å². The first-order valence-corrected chi connectivity index (χ1v) is 9.41. The van der Waals surface area contributed by atoms with Crippen molar-refractivity contribution in [1.82, 2.24) is 15.0 Å². The zero-order chi connectivity index (χ0) is 17.9. The molecule has 0 unspecified atom stereocenters. The third kappa shape index (κ3) is 3.57. The zero-order valence-corrected chi connectivity index (χ0v) is 15.2. The van der Waals surface area contributed by atoms with E-state index in [2.05, 4.69) is 9.80 Å². The minimum atomic E-state index is -0.201. The van der Waals surface area contributed by atoms with Crippen LogP contribution in [-0.4, -0.2) is 48.2 Å². The molecule has 2 aliphatic rings. The van der Waals surface area contributed by atoms with E-state index >= 15 is 0 Å². The van der Waals surface area contributed by atoms with Crippen molar-refractivity contribution in [3.63, 3.8) is 0 Å². The van der Waals surface area contributed by atoms with Crippen LogP contribution in [0.15, 0.2) is 24.3 Å². The van der Waals surface area contributed by atoms with Crippen LogP contribution < -0.4 is 14.7 Å². The first-order chi connectivity index (χ1) is 12.7. The summed E-state index contributed by atoms with van der Waals surface area (Å²) in [6.45, 7) is 4.37. The molecule has 4 rings (SSSR count). The summed E-state index contributed by atoms with van der Waals surface area (Å²) in [5.41, 5.74) is 0.640. The highest BCUT2D eigenvalue weighted by atomic mass is 19.1. The normalized spacial score (nSPS) is 17.2. The Hall–Kier alpha value is -2.44. The van der Waals surface area contributed by atoms with Crippen LogP contribution in [0.5, 0.6) is 0 Å². The van der Waals surface area contributed by atoms with Gasteiger partial charge in [-0.15, -0.1) is 0 Å². The van der Waals surface area contributed by atoms with Crippen molar-refractivity contribution in [3.8, 4) is 0 Å². The van der Waals surface area contributed by atoms with Gasteiger partial charge in [-0.05, 0) is 31.7 Å². The first kappa shape index (κ1) is 17.0. The van der Waals surface area contributed by atoms with E-state index < -0.39 is 0 Å². The number of benzene rings is 1. The lowest BCUT2D eigenvalue weighted by atomic mass is 10.2. The van der Waals surface area contributed by atoms with Crippen LogP contribution in [0.25, 0.3) is 0 Å². The fourth-order valence-electron chi connectivity index (χ4n) is 3.58. The number of nitrogens with zero attached hydrogens (tertiary/aromatic N) is 6. The quantitative estimate of drug-likeness (QED) is 0.821. The number of hydrogen-bond donors (Lipinski definition) is 0. The molecule has 7 heteroatoms. The molecule has 6 nitrogen and oxygen atoms in total. The zero-order valence-electron chi connectivity index (χ0n) is 15.2. The molecule has 0 spiro atoms. The number of aromatic nitrogens is 3. The van der Waals surface area contributed by atoms with E-state index in [0.717, 1.165) is 38.1 Å². The highest BCUT2D eigenvalue weighted by Crippen LogP contribution is 2.24. The highest BCUT2D eigenvalue weighted by Gasteiger charge is 2.22. The van der Waals surface area contributed by atoms with Gasteiger partial charge in [0.25, 0.3) is 0 Å². The van der Waals surface area contributed by atoms with Crippen molar-refractivity contribution in [2.75, 3.05) is 47.9 Å². The summed E-state index contributed by atoms with van der Waals surface area (Å²) in [4.78, 5) is 20.5. The van der Waals surface area contributed by atoms with Gasteiger partial charge in [-0.25, -0.2) is 4.39 Å². The molecule has 2 aliphatic heterocycles. The maximum Gasteiger partial charge on any atom is 0.232 e. The van der Waals surface area contributed by atoms with Gasteiger partial charge < -0.3 is 14.7 Å². The third-order valence-corrected chi connectivity index (χ3v) is 5.08. The Bertz CT molecular complexity index is 721. The molecule has 3 heterocycles. The van der Waals surface area contributed by atoms with Gasteiger partial charge in [-0.1, -0.05) is 18.2 Å². The molecule has 0 bridgehead atoms. The molecule has 2 fully saturated rings. The second-order valence-electron chi connectivity index (χ2n) is 7.07. The van der Waals surface area contributed by atoms with Crippen LogP contribution >= 0.6 is 0 Å². The molecular formula is C19H25FN6. The molecule has 138 valence electrons. The minimum absolute atomic E-state index is 0.201. The van der Waals surface area contributed by atoms with Crippen LogP contribution in [0.2, 0.25) is 0 Å². The Morgan fingerprint density at radius 3 is 1.96 bits per heavy atom. The molecule has 2 saturated heterocycles. The van der Waals surface area contributed by atoms with Gasteiger partial charge in [0.1, 0.15) is 5.82 Å². The van der Waals surface area contributed by atoms with Crippen LogP contribution in [0, 0.1) is 5.82 Å². The molecule has 1 aromatic heterocycles. The maximum absolute atomic E-state index is 14.0. The van der Waals surface area contributed by atoms with Crippen molar-refractivity contribution < 1.29 is 4.39 Å². The average molecular weight is 356 g/mol. The molecule has 2 aromatic rings. The lowest BCUT2D eigenvalue weighted by molar-refractivity contribution is 0.606. The number of hydrogen-bond acceptors (Lipinski definition) is 6. The molecule has 26 heavy (non-hydrogen) atoms. The van der Waals surface area contributed by atoms with E-state index in [1.807, 2.05) is 18.0 Å². The Labute approximate surface area is 153 Å². The Balaban J connectivity index is 1.63. The van der Waals surface area contributed by atoms with E-state index in [0.29, 0.717) is 18.1 Å². The summed E-state index contributed by atoms with van der Waals surface area (Å²) in [6.07, 6.45) is 4.69. The standard InChI is InChI=1S/C19H25FN6/c1-24(14-15-8-2-3-9-16(15)20)17-21-18(25-10-4-5-11-25)23-19(22-17)26-12-6-7-13-26/h2-3,8-9H,4-7,10-14H2,1H3. The molecule has 0 radical (unpaired) electrons. The lowest BCUT2D eigenvalue weighted by Crippen LogP contribution is -2.28. The summed E-state index contributed by atoms with van der Waals surface area (Å²) in [5, 5.41) is 0. The Kier molecular flexibility index (Phi) is 4.86. The van der Waals surface area contributed by atoms with Crippen molar-refractivity contribution in [2.24, 2.45) is 0 Å². The van der Waals surface area contributed by atoms with Gasteiger partial charge in [0.2, 0.25) is 17.8 Å². The van der Waals surface area contributed by atoms with Gasteiger partial charge in [0.05, 0.1) is 0 Å². The molecule has 1 aromatic carbocycles.